The number of aromatic nitrogens is 4. The van der Waals surface area contributed by atoms with Gasteiger partial charge in [0.2, 0.25) is 5.95 Å². The fraction of sp³-hybridized carbons (Fsp3) is 0.0556. The van der Waals surface area contributed by atoms with E-state index in [1.165, 1.54) is 48.0 Å². The molecule has 1 aliphatic carbocycles. The van der Waals surface area contributed by atoms with Crippen molar-refractivity contribution in [2.24, 2.45) is 0 Å². The van der Waals surface area contributed by atoms with Gasteiger partial charge in [-0.1, -0.05) is 129 Å². The Hall–Kier alpha value is -7.41. The molecule has 5 nitrogen and oxygen atoms in total. The molecule has 60 heavy (non-hydrogen) atoms. The highest BCUT2D eigenvalue weighted by Crippen LogP contribution is 2.52. The van der Waals surface area contributed by atoms with Gasteiger partial charge in [0.15, 0.2) is 11.6 Å². The van der Waals surface area contributed by atoms with Crippen molar-refractivity contribution in [2.45, 2.75) is 19.3 Å². The summed E-state index contributed by atoms with van der Waals surface area (Å²) in [6.45, 7) is 4.67. The first-order chi connectivity index (χ1) is 29.5. The Morgan fingerprint density at radius 2 is 1.15 bits per heavy atom. The molecule has 0 amide bonds. The summed E-state index contributed by atoms with van der Waals surface area (Å²) < 4.78 is 11.0. The van der Waals surface area contributed by atoms with Crippen molar-refractivity contribution in [3.63, 3.8) is 0 Å². The number of rotatable bonds is 4. The van der Waals surface area contributed by atoms with E-state index in [9.17, 15) is 0 Å². The van der Waals surface area contributed by atoms with Gasteiger partial charge in [0.25, 0.3) is 0 Å². The van der Waals surface area contributed by atoms with Crippen molar-refractivity contribution < 1.29 is 4.42 Å². The van der Waals surface area contributed by atoms with Gasteiger partial charge in [-0.15, -0.1) is 11.3 Å². The molecule has 0 bridgehead atoms. The van der Waals surface area contributed by atoms with Gasteiger partial charge < -0.3 is 4.42 Å². The minimum absolute atomic E-state index is 0.193. The normalized spacial score (nSPS) is 13.3. The van der Waals surface area contributed by atoms with Gasteiger partial charge in [-0.05, 0) is 88.0 Å². The molecule has 0 saturated heterocycles. The van der Waals surface area contributed by atoms with Crippen LogP contribution in [-0.2, 0) is 5.41 Å². The smallest absolute Gasteiger partial charge is 0.238 e. The Kier molecular flexibility index (Phi) is 6.88. The van der Waals surface area contributed by atoms with E-state index >= 15 is 0 Å². The third-order valence-electron chi connectivity index (χ3n) is 12.7. The lowest BCUT2D eigenvalue weighted by Gasteiger charge is -2.22. The Morgan fingerprint density at radius 1 is 0.450 bits per heavy atom. The number of thiophene rings is 1. The fourth-order valence-corrected chi connectivity index (χ4v) is 10.9. The molecule has 0 spiro atoms. The highest BCUT2D eigenvalue weighted by Gasteiger charge is 2.36. The predicted molar refractivity (Wildman–Crippen MR) is 248 cm³/mol. The predicted octanol–water partition coefficient (Wildman–Crippen LogP) is 14.5. The van der Waals surface area contributed by atoms with Crippen LogP contribution in [0.25, 0.3) is 115 Å². The lowest BCUT2D eigenvalue weighted by Crippen LogP contribution is -2.15. The summed E-state index contributed by atoms with van der Waals surface area (Å²) in [7, 11) is 0. The average molecular weight is 787 g/mol. The van der Waals surface area contributed by atoms with Gasteiger partial charge in [0, 0.05) is 58.3 Å². The summed E-state index contributed by atoms with van der Waals surface area (Å²) in [6.07, 6.45) is 0. The van der Waals surface area contributed by atoms with E-state index in [1.54, 1.807) is 11.3 Å². The van der Waals surface area contributed by atoms with Crippen molar-refractivity contribution in [2.75, 3.05) is 0 Å². The third kappa shape index (κ3) is 4.76. The summed E-state index contributed by atoms with van der Waals surface area (Å²) in [5.74, 6) is 1.88. The van der Waals surface area contributed by atoms with Crippen LogP contribution in [0.15, 0.2) is 174 Å². The third-order valence-corrected chi connectivity index (χ3v) is 13.9. The first kappa shape index (κ1) is 33.6. The van der Waals surface area contributed by atoms with Gasteiger partial charge in [-0.25, -0.2) is 4.98 Å². The zero-order chi connectivity index (χ0) is 39.7. The second-order valence-electron chi connectivity index (χ2n) is 16.4. The number of furan rings is 1. The topological polar surface area (TPSA) is 56.7 Å². The molecule has 13 rings (SSSR count). The van der Waals surface area contributed by atoms with E-state index in [-0.39, 0.29) is 5.41 Å². The standard InChI is InChI=1S/C54H34N4OS/c1-54(2)43-28-33(23-25-34(43)40-29-42-36-16-7-10-21-47(36)59-48(42)30-44(40)54)32-24-26-46-41(27-32)35-15-6-9-20-45(35)58(46)53-56-51(31-13-4-3-5-14-31)55-52(57-53)39-19-12-18-38-37-17-8-11-22-49(37)60-50(38)39/h3-30H,1-2H3. The largest absolute Gasteiger partial charge is 0.456 e. The highest BCUT2D eigenvalue weighted by atomic mass is 32.1. The summed E-state index contributed by atoms with van der Waals surface area (Å²) in [4.78, 5) is 15.7. The van der Waals surface area contributed by atoms with Crippen molar-refractivity contribution in [3.05, 3.63) is 181 Å². The molecule has 0 unspecified atom stereocenters. The fourth-order valence-electron chi connectivity index (χ4n) is 9.72. The number of hydrogen-bond acceptors (Lipinski definition) is 5. The van der Waals surface area contributed by atoms with E-state index < -0.39 is 0 Å². The second kappa shape index (κ2) is 12.3. The van der Waals surface area contributed by atoms with Crippen molar-refractivity contribution >= 4 is 75.3 Å². The molecular weight excluding hydrogens is 753 g/mol. The van der Waals surface area contributed by atoms with Gasteiger partial charge in [0.1, 0.15) is 11.2 Å². The molecular formula is C54H34N4OS. The average Bonchev–Trinajstić information content (AvgIpc) is 4.02. The quantitative estimate of drug-likeness (QED) is 0.178. The van der Waals surface area contributed by atoms with E-state index in [0.29, 0.717) is 17.6 Å². The van der Waals surface area contributed by atoms with Crippen LogP contribution in [0.5, 0.6) is 0 Å². The SMILES string of the molecule is CC1(C)c2cc(-c3ccc4c(c3)c3ccccc3n4-c3nc(-c4ccccc4)nc(-c4cccc5c4sc4ccccc45)n3)ccc2-c2cc3c(cc21)oc1ccccc13. The molecule has 0 saturated carbocycles. The van der Waals surface area contributed by atoms with Crippen LogP contribution in [0.4, 0.5) is 0 Å². The first-order valence-corrected chi connectivity index (χ1v) is 21.2. The summed E-state index contributed by atoms with van der Waals surface area (Å²) >= 11 is 1.79. The van der Waals surface area contributed by atoms with E-state index in [0.717, 1.165) is 60.4 Å². The molecule has 1 aliphatic rings. The number of para-hydroxylation sites is 2. The Balaban J connectivity index is 0.979. The molecule has 6 heteroatoms. The number of fused-ring (bicyclic) bond motifs is 12. The van der Waals surface area contributed by atoms with Gasteiger partial charge in [-0.2, -0.15) is 9.97 Å². The van der Waals surface area contributed by atoms with Crippen LogP contribution in [0.3, 0.4) is 0 Å². The summed E-state index contributed by atoms with van der Waals surface area (Å²) in [6, 6.07) is 60.6. The van der Waals surface area contributed by atoms with E-state index in [2.05, 4.69) is 164 Å². The van der Waals surface area contributed by atoms with Crippen molar-refractivity contribution in [1.82, 2.24) is 19.5 Å². The Bertz CT molecular complexity index is 3760. The maximum atomic E-state index is 6.35. The zero-order valence-electron chi connectivity index (χ0n) is 32.8. The van der Waals surface area contributed by atoms with Crippen LogP contribution >= 0.6 is 11.3 Å². The number of nitrogens with zero attached hydrogens (tertiary/aromatic N) is 4. The van der Waals surface area contributed by atoms with Crippen LogP contribution in [0.2, 0.25) is 0 Å². The molecule has 12 aromatic rings. The number of hydrogen-bond donors (Lipinski definition) is 0. The Labute approximate surface area is 348 Å². The summed E-state index contributed by atoms with van der Waals surface area (Å²) in [5, 5.41) is 7.07. The lowest BCUT2D eigenvalue weighted by atomic mass is 9.81. The molecule has 0 aliphatic heterocycles. The molecule has 8 aromatic carbocycles. The summed E-state index contributed by atoms with van der Waals surface area (Å²) in [5.41, 5.74) is 13.3. The maximum absolute atomic E-state index is 6.35. The van der Waals surface area contributed by atoms with Gasteiger partial charge in [-0.3, -0.25) is 4.57 Å². The minimum atomic E-state index is -0.193. The Morgan fingerprint density at radius 3 is 2.05 bits per heavy atom. The second-order valence-corrected chi connectivity index (χ2v) is 17.4. The lowest BCUT2D eigenvalue weighted by molar-refractivity contribution is 0.647. The molecule has 4 aromatic heterocycles. The zero-order valence-corrected chi connectivity index (χ0v) is 33.6. The highest BCUT2D eigenvalue weighted by molar-refractivity contribution is 7.26. The molecule has 0 atom stereocenters. The van der Waals surface area contributed by atoms with Crippen LogP contribution in [0.1, 0.15) is 25.0 Å². The number of benzene rings is 8. The maximum Gasteiger partial charge on any atom is 0.238 e. The minimum Gasteiger partial charge on any atom is -0.456 e. The molecule has 0 N–H and O–H groups in total. The molecule has 4 heterocycles. The molecule has 282 valence electrons. The molecule has 0 fully saturated rings. The van der Waals surface area contributed by atoms with Crippen LogP contribution in [-0.4, -0.2) is 19.5 Å². The first-order valence-electron chi connectivity index (χ1n) is 20.3. The van der Waals surface area contributed by atoms with E-state index in [1.807, 2.05) is 24.3 Å². The van der Waals surface area contributed by atoms with Gasteiger partial charge >= 0.3 is 0 Å². The van der Waals surface area contributed by atoms with E-state index in [4.69, 9.17) is 19.4 Å². The molecule has 0 radical (unpaired) electrons. The van der Waals surface area contributed by atoms with Crippen LogP contribution < -0.4 is 0 Å². The van der Waals surface area contributed by atoms with Crippen molar-refractivity contribution in [3.8, 4) is 51.0 Å². The van der Waals surface area contributed by atoms with Gasteiger partial charge in [0.05, 0.1) is 11.0 Å². The monoisotopic (exact) mass is 786 g/mol. The van der Waals surface area contributed by atoms with Crippen molar-refractivity contribution in [1.29, 1.82) is 0 Å². The van der Waals surface area contributed by atoms with Crippen LogP contribution in [0, 0.1) is 0 Å².